The van der Waals surface area contributed by atoms with Crippen molar-refractivity contribution in [1.29, 1.82) is 0 Å². The van der Waals surface area contributed by atoms with E-state index in [-0.39, 0.29) is 5.97 Å². The third-order valence-electron chi connectivity index (χ3n) is 4.52. The molecule has 2 aromatic rings. The van der Waals surface area contributed by atoms with E-state index in [2.05, 4.69) is 37.0 Å². The van der Waals surface area contributed by atoms with Crippen molar-refractivity contribution in [3.05, 3.63) is 64.5 Å². The molecule has 0 N–H and O–H groups in total. The molecule has 1 aromatic heterocycles. The van der Waals surface area contributed by atoms with Crippen LogP contribution in [0.15, 0.2) is 36.5 Å². The minimum atomic E-state index is -0.313. The second-order valence-electron chi connectivity index (χ2n) is 6.28. The second-order valence-corrected chi connectivity index (χ2v) is 6.28. The van der Waals surface area contributed by atoms with Gasteiger partial charge in [0.25, 0.3) is 0 Å². The molecule has 0 radical (unpaired) electrons. The lowest BCUT2D eigenvalue weighted by Crippen LogP contribution is -2.05. The Bertz CT molecular complexity index is 788. The molecule has 24 heavy (non-hydrogen) atoms. The van der Waals surface area contributed by atoms with Crippen molar-refractivity contribution in [3.8, 4) is 0 Å². The minimum Gasteiger partial charge on any atom is -0.462 e. The molecule has 124 valence electrons. The van der Waals surface area contributed by atoms with Gasteiger partial charge in [-0.15, -0.1) is 0 Å². The molecule has 1 aliphatic rings. The highest BCUT2D eigenvalue weighted by Gasteiger charge is 2.20. The maximum Gasteiger partial charge on any atom is 0.339 e. The third kappa shape index (κ3) is 3.25. The van der Waals surface area contributed by atoms with E-state index in [0.717, 1.165) is 25.0 Å². The number of carbonyl (C=O) groups is 1. The fraction of sp³-hybridized carbons (Fsp3) is 0.333. The maximum atomic E-state index is 11.8. The molecule has 1 aromatic carbocycles. The first-order valence-corrected chi connectivity index (χ1v) is 8.53. The zero-order valence-electron chi connectivity index (χ0n) is 14.6. The van der Waals surface area contributed by atoms with Crippen LogP contribution in [0.25, 0.3) is 11.1 Å². The summed E-state index contributed by atoms with van der Waals surface area (Å²) in [7, 11) is 0. The van der Waals surface area contributed by atoms with Crippen molar-refractivity contribution in [2.24, 2.45) is 0 Å². The van der Waals surface area contributed by atoms with Crippen LogP contribution < -0.4 is 0 Å². The van der Waals surface area contributed by atoms with Gasteiger partial charge in [-0.3, -0.25) is 4.98 Å². The molecule has 0 saturated heterocycles. The minimum absolute atomic E-state index is 0.313. The normalized spacial score (nSPS) is 14.1. The van der Waals surface area contributed by atoms with E-state index in [4.69, 9.17) is 4.74 Å². The summed E-state index contributed by atoms with van der Waals surface area (Å²) in [5, 5.41) is 0. The van der Waals surface area contributed by atoms with Gasteiger partial charge in [0, 0.05) is 6.20 Å². The number of esters is 1. The SMILES string of the molecule is CCOC(=O)c1ccc(C2=C(c3cc(C)ccc3C)CCC2)nc1. The fourth-order valence-electron chi connectivity index (χ4n) is 3.29. The van der Waals surface area contributed by atoms with Gasteiger partial charge in [-0.05, 0) is 74.4 Å². The number of aromatic nitrogens is 1. The van der Waals surface area contributed by atoms with Gasteiger partial charge in [0.15, 0.2) is 0 Å². The Kier molecular flexibility index (Phi) is 4.79. The highest BCUT2D eigenvalue weighted by atomic mass is 16.5. The Morgan fingerprint density at radius 2 is 1.92 bits per heavy atom. The molecule has 0 aliphatic heterocycles. The molecule has 0 bridgehead atoms. The molecule has 1 aliphatic carbocycles. The van der Waals surface area contributed by atoms with Crippen molar-refractivity contribution in [3.63, 3.8) is 0 Å². The van der Waals surface area contributed by atoms with Crippen molar-refractivity contribution in [1.82, 2.24) is 4.98 Å². The third-order valence-corrected chi connectivity index (χ3v) is 4.52. The maximum absolute atomic E-state index is 11.8. The summed E-state index contributed by atoms with van der Waals surface area (Å²) in [6, 6.07) is 10.4. The van der Waals surface area contributed by atoms with E-state index in [0.29, 0.717) is 12.2 Å². The number of allylic oxidation sites excluding steroid dienone is 2. The van der Waals surface area contributed by atoms with Gasteiger partial charge >= 0.3 is 5.97 Å². The summed E-state index contributed by atoms with van der Waals surface area (Å²) < 4.78 is 5.02. The zero-order valence-corrected chi connectivity index (χ0v) is 14.6. The average Bonchev–Trinajstić information content (AvgIpc) is 3.07. The van der Waals surface area contributed by atoms with Crippen LogP contribution in [-0.2, 0) is 4.74 Å². The van der Waals surface area contributed by atoms with E-state index in [9.17, 15) is 4.79 Å². The number of benzene rings is 1. The van der Waals surface area contributed by atoms with Crippen LogP contribution in [0, 0.1) is 13.8 Å². The van der Waals surface area contributed by atoms with Gasteiger partial charge in [-0.2, -0.15) is 0 Å². The monoisotopic (exact) mass is 321 g/mol. The number of carbonyl (C=O) groups excluding carboxylic acids is 1. The topological polar surface area (TPSA) is 39.2 Å². The Balaban J connectivity index is 1.97. The number of hydrogen-bond acceptors (Lipinski definition) is 3. The lowest BCUT2D eigenvalue weighted by Gasteiger charge is -2.12. The van der Waals surface area contributed by atoms with Crippen molar-refractivity contribution in [2.45, 2.75) is 40.0 Å². The predicted octanol–water partition coefficient (Wildman–Crippen LogP) is 4.97. The first-order chi connectivity index (χ1) is 11.6. The molecule has 0 spiro atoms. The highest BCUT2D eigenvalue weighted by molar-refractivity contribution is 5.94. The largest absolute Gasteiger partial charge is 0.462 e. The Labute approximate surface area is 143 Å². The van der Waals surface area contributed by atoms with Gasteiger partial charge < -0.3 is 4.74 Å². The van der Waals surface area contributed by atoms with E-state index in [1.165, 1.54) is 27.8 Å². The summed E-state index contributed by atoms with van der Waals surface area (Å²) in [6.45, 7) is 6.47. The fourth-order valence-corrected chi connectivity index (χ4v) is 3.29. The molecule has 0 unspecified atom stereocenters. The van der Waals surface area contributed by atoms with Gasteiger partial charge in [-0.1, -0.05) is 23.8 Å². The number of ether oxygens (including phenoxy) is 1. The summed E-state index contributed by atoms with van der Waals surface area (Å²) in [5.74, 6) is -0.313. The quantitative estimate of drug-likeness (QED) is 0.746. The van der Waals surface area contributed by atoms with Gasteiger partial charge in [0.2, 0.25) is 0 Å². The van der Waals surface area contributed by atoms with Crippen molar-refractivity contribution in [2.75, 3.05) is 6.61 Å². The molecule has 0 saturated carbocycles. The second kappa shape index (κ2) is 7.00. The average molecular weight is 321 g/mol. The van der Waals surface area contributed by atoms with Crippen LogP contribution in [0.5, 0.6) is 0 Å². The van der Waals surface area contributed by atoms with Crippen LogP contribution in [0.3, 0.4) is 0 Å². The number of nitrogens with zero attached hydrogens (tertiary/aromatic N) is 1. The van der Waals surface area contributed by atoms with Gasteiger partial charge in [0.05, 0.1) is 17.9 Å². The summed E-state index contributed by atoms with van der Waals surface area (Å²) in [5.41, 5.74) is 8.09. The number of aryl methyl sites for hydroxylation is 2. The smallest absolute Gasteiger partial charge is 0.339 e. The molecule has 3 rings (SSSR count). The first kappa shape index (κ1) is 16.4. The van der Waals surface area contributed by atoms with Crippen molar-refractivity contribution >= 4 is 17.1 Å². The van der Waals surface area contributed by atoms with Gasteiger partial charge in [-0.25, -0.2) is 4.79 Å². The standard InChI is InChI=1S/C21H23NO2/c1-4-24-21(23)16-10-11-20(22-13-16)18-7-5-6-17(18)19-12-14(2)8-9-15(19)3/h8-13H,4-7H2,1-3H3. The summed E-state index contributed by atoms with van der Waals surface area (Å²) >= 11 is 0. The lowest BCUT2D eigenvalue weighted by atomic mass is 9.94. The van der Waals surface area contributed by atoms with Crippen LogP contribution in [0.2, 0.25) is 0 Å². The molecule has 1 heterocycles. The van der Waals surface area contributed by atoms with E-state index >= 15 is 0 Å². The first-order valence-electron chi connectivity index (χ1n) is 8.53. The molecular formula is C21H23NO2. The van der Waals surface area contributed by atoms with E-state index < -0.39 is 0 Å². The molecule has 3 nitrogen and oxygen atoms in total. The predicted molar refractivity (Wildman–Crippen MR) is 96.8 cm³/mol. The Morgan fingerprint density at radius 3 is 2.62 bits per heavy atom. The van der Waals surface area contributed by atoms with Crippen LogP contribution in [0.4, 0.5) is 0 Å². The van der Waals surface area contributed by atoms with E-state index in [1.54, 1.807) is 13.1 Å². The Morgan fingerprint density at radius 1 is 1.12 bits per heavy atom. The molecular weight excluding hydrogens is 298 g/mol. The summed E-state index contributed by atoms with van der Waals surface area (Å²) in [6.07, 6.45) is 4.90. The molecule has 3 heteroatoms. The van der Waals surface area contributed by atoms with Crippen LogP contribution >= 0.6 is 0 Å². The molecule has 0 fully saturated rings. The number of pyridine rings is 1. The molecule has 0 amide bonds. The van der Waals surface area contributed by atoms with Crippen molar-refractivity contribution < 1.29 is 9.53 Å². The lowest BCUT2D eigenvalue weighted by molar-refractivity contribution is 0.0526. The van der Waals surface area contributed by atoms with Gasteiger partial charge in [0.1, 0.15) is 0 Å². The highest BCUT2D eigenvalue weighted by Crippen LogP contribution is 2.40. The zero-order chi connectivity index (χ0) is 17.1. The van der Waals surface area contributed by atoms with Crippen LogP contribution in [0.1, 0.15) is 58.9 Å². The molecule has 0 atom stereocenters. The van der Waals surface area contributed by atoms with Crippen LogP contribution in [-0.4, -0.2) is 17.6 Å². The number of hydrogen-bond donors (Lipinski definition) is 0. The Hall–Kier alpha value is -2.42. The summed E-state index contributed by atoms with van der Waals surface area (Å²) in [4.78, 5) is 16.3. The number of rotatable bonds is 4. The van der Waals surface area contributed by atoms with E-state index in [1.807, 2.05) is 12.1 Å².